The van der Waals surface area contributed by atoms with Gasteiger partial charge in [-0.3, -0.25) is 4.98 Å². The first-order valence-corrected chi connectivity index (χ1v) is 11.3. The third kappa shape index (κ3) is 4.81. The molecule has 0 saturated heterocycles. The summed E-state index contributed by atoms with van der Waals surface area (Å²) in [7, 11) is 0. The second-order valence-electron chi connectivity index (χ2n) is 7.81. The monoisotopic (exact) mass is 450 g/mol. The molecule has 2 heterocycles. The van der Waals surface area contributed by atoms with E-state index in [4.69, 9.17) is 16.7 Å². The predicted octanol–water partition coefficient (Wildman–Crippen LogP) is 6.60. The van der Waals surface area contributed by atoms with Gasteiger partial charge in [-0.15, -0.1) is 0 Å². The topological polar surface area (TPSA) is 42.7 Å². The summed E-state index contributed by atoms with van der Waals surface area (Å²) < 4.78 is 0. The minimum atomic E-state index is 0.667. The number of rotatable bonds is 7. The number of hydrogen-bond acceptors (Lipinski definition) is 3. The molecule has 5 heteroatoms. The highest BCUT2D eigenvalue weighted by molar-refractivity contribution is 6.30. The van der Waals surface area contributed by atoms with Gasteiger partial charge in [-0.05, 0) is 41.0 Å². The Kier molecular flexibility index (Phi) is 6.18. The molecular weight excluding hydrogens is 428 g/mol. The minimum absolute atomic E-state index is 0.667. The molecule has 0 saturated carbocycles. The van der Waals surface area contributed by atoms with E-state index in [9.17, 15) is 0 Å². The van der Waals surface area contributed by atoms with Crippen molar-refractivity contribution in [3.8, 4) is 22.4 Å². The van der Waals surface area contributed by atoms with E-state index in [1.165, 1.54) is 11.1 Å². The Labute approximate surface area is 198 Å². The highest BCUT2D eigenvalue weighted by atomic mass is 35.5. The van der Waals surface area contributed by atoms with E-state index >= 15 is 0 Å². The van der Waals surface area contributed by atoms with Crippen molar-refractivity contribution in [3.05, 3.63) is 131 Å². The summed E-state index contributed by atoms with van der Waals surface area (Å²) in [6.45, 7) is 0.667. The highest BCUT2D eigenvalue weighted by Crippen LogP contribution is 2.35. The van der Waals surface area contributed by atoms with Gasteiger partial charge in [-0.1, -0.05) is 84.4 Å². The van der Waals surface area contributed by atoms with Crippen molar-refractivity contribution >= 4 is 11.6 Å². The fraction of sp³-hybridized carbons (Fsp3) is 0.0714. The lowest BCUT2D eigenvalue weighted by molar-refractivity contribution is 0.699. The maximum atomic E-state index is 6.17. The van der Waals surface area contributed by atoms with Crippen LogP contribution >= 0.6 is 11.6 Å². The molecule has 0 bridgehead atoms. The van der Waals surface area contributed by atoms with E-state index < -0.39 is 0 Å². The van der Waals surface area contributed by atoms with Crippen molar-refractivity contribution in [3.63, 3.8) is 0 Å². The molecule has 0 spiro atoms. The van der Waals surface area contributed by atoms with Gasteiger partial charge in [0, 0.05) is 35.0 Å². The first kappa shape index (κ1) is 21.0. The number of halogens is 1. The standard InChI is InChI=1S/C28H23ClN4/c29-25-13-11-24(12-14-25)28-27(23-15-17-30-18-16-23)26(19-21-7-3-1-4-8-21)33(32-28)31-20-22-9-5-2-6-10-22/h1-18,31H,19-20H2. The Morgan fingerprint density at radius 2 is 1.33 bits per heavy atom. The molecule has 0 aliphatic rings. The van der Waals surface area contributed by atoms with Gasteiger partial charge in [0.2, 0.25) is 0 Å². The molecule has 5 rings (SSSR count). The summed E-state index contributed by atoms with van der Waals surface area (Å²) in [5.74, 6) is 0. The summed E-state index contributed by atoms with van der Waals surface area (Å²) in [5, 5.41) is 5.74. The van der Waals surface area contributed by atoms with Gasteiger partial charge in [0.1, 0.15) is 5.69 Å². The van der Waals surface area contributed by atoms with E-state index in [1.807, 2.05) is 77.8 Å². The third-order valence-electron chi connectivity index (χ3n) is 5.56. The Bertz CT molecular complexity index is 1320. The molecule has 0 fully saturated rings. The Balaban J connectivity index is 1.65. The molecule has 0 aliphatic carbocycles. The number of pyridine rings is 1. The van der Waals surface area contributed by atoms with Gasteiger partial charge in [-0.25, -0.2) is 0 Å². The third-order valence-corrected chi connectivity index (χ3v) is 5.81. The molecular formula is C28H23ClN4. The first-order valence-electron chi connectivity index (χ1n) is 10.9. The maximum Gasteiger partial charge on any atom is 0.103 e. The molecule has 1 N–H and O–H groups in total. The van der Waals surface area contributed by atoms with Crippen LogP contribution in [0.2, 0.25) is 5.02 Å². The van der Waals surface area contributed by atoms with Crippen LogP contribution in [0, 0.1) is 0 Å². The number of aromatic nitrogens is 3. The predicted molar refractivity (Wildman–Crippen MR) is 135 cm³/mol. The van der Waals surface area contributed by atoms with Gasteiger partial charge in [0.05, 0.1) is 12.2 Å². The normalized spacial score (nSPS) is 10.8. The zero-order valence-electron chi connectivity index (χ0n) is 18.0. The van der Waals surface area contributed by atoms with E-state index in [0.717, 1.165) is 34.5 Å². The largest absolute Gasteiger partial charge is 0.305 e. The van der Waals surface area contributed by atoms with Crippen LogP contribution in [-0.4, -0.2) is 14.9 Å². The molecule has 5 aromatic rings. The summed E-state index contributed by atoms with van der Waals surface area (Å²) in [5.41, 5.74) is 11.1. The highest BCUT2D eigenvalue weighted by Gasteiger charge is 2.21. The second kappa shape index (κ2) is 9.72. The van der Waals surface area contributed by atoms with Crippen molar-refractivity contribution in [2.45, 2.75) is 13.0 Å². The van der Waals surface area contributed by atoms with Crippen LogP contribution in [0.15, 0.2) is 109 Å². The molecule has 2 aromatic heterocycles. The smallest absolute Gasteiger partial charge is 0.103 e. The van der Waals surface area contributed by atoms with Crippen LogP contribution in [0.1, 0.15) is 16.8 Å². The van der Waals surface area contributed by atoms with Crippen LogP contribution < -0.4 is 5.43 Å². The van der Waals surface area contributed by atoms with Crippen LogP contribution in [0.5, 0.6) is 0 Å². The zero-order chi connectivity index (χ0) is 22.5. The first-order chi connectivity index (χ1) is 16.3. The molecule has 3 aromatic carbocycles. The van der Waals surface area contributed by atoms with Crippen molar-refractivity contribution in [1.82, 2.24) is 14.9 Å². The van der Waals surface area contributed by atoms with Crippen LogP contribution in [0.25, 0.3) is 22.4 Å². The van der Waals surface area contributed by atoms with E-state index in [1.54, 1.807) is 0 Å². The fourth-order valence-corrected chi connectivity index (χ4v) is 4.06. The zero-order valence-corrected chi connectivity index (χ0v) is 18.8. The number of nitrogens with one attached hydrogen (secondary N) is 1. The summed E-state index contributed by atoms with van der Waals surface area (Å²) in [6, 6.07) is 32.7. The average molecular weight is 451 g/mol. The van der Waals surface area contributed by atoms with Gasteiger partial charge in [0.25, 0.3) is 0 Å². The Morgan fingerprint density at radius 1 is 0.697 bits per heavy atom. The molecule has 4 nitrogen and oxygen atoms in total. The van der Waals surface area contributed by atoms with Crippen molar-refractivity contribution in [2.75, 3.05) is 5.43 Å². The van der Waals surface area contributed by atoms with Gasteiger partial charge in [0.15, 0.2) is 0 Å². The molecule has 0 unspecified atom stereocenters. The van der Waals surface area contributed by atoms with Crippen molar-refractivity contribution in [1.29, 1.82) is 0 Å². The molecule has 0 radical (unpaired) electrons. The molecule has 33 heavy (non-hydrogen) atoms. The second-order valence-corrected chi connectivity index (χ2v) is 8.24. The van der Waals surface area contributed by atoms with Crippen LogP contribution in [0.4, 0.5) is 0 Å². The number of nitrogens with zero attached hydrogens (tertiary/aromatic N) is 3. The summed E-state index contributed by atoms with van der Waals surface area (Å²) in [4.78, 5) is 6.15. The van der Waals surface area contributed by atoms with Crippen molar-refractivity contribution in [2.24, 2.45) is 0 Å². The van der Waals surface area contributed by atoms with E-state index in [2.05, 4.69) is 46.8 Å². The molecule has 0 amide bonds. The lowest BCUT2D eigenvalue weighted by Gasteiger charge is -2.12. The Hall–Kier alpha value is -3.89. The lowest BCUT2D eigenvalue weighted by atomic mass is 9.97. The average Bonchev–Trinajstić information content (AvgIpc) is 3.23. The van der Waals surface area contributed by atoms with Crippen LogP contribution in [-0.2, 0) is 13.0 Å². The van der Waals surface area contributed by atoms with Gasteiger partial charge < -0.3 is 5.43 Å². The number of benzene rings is 3. The summed E-state index contributed by atoms with van der Waals surface area (Å²) >= 11 is 6.17. The van der Waals surface area contributed by atoms with Gasteiger partial charge in [-0.2, -0.15) is 9.89 Å². The van der Waals surface area contributed by atoms with E-state index in [-0.39, 0.29) is 0 Å². The maximum absolute atomic E-state index is 6.17. The van der Waals surface area contributed by atoms with Gasteiger partial charge >= 0.3 is 0 Å². The van der Waals surface area contributed by atoms with Crippen LogP contribution in [0.3, 0.4) is 0 Å². The van der Waals surface area contributed by atoms with E-state index in [0.29, 0.717) is 11.6 Å². The fourth-order valence-electron chi connectivity index (χ4n) is 3.93. The SMILES string of the molecule is Clc1ccc(-c2nn(NCc3ccccc3)c(Cc3ccccc3)c2-c2ccncc2)cc1. The summed E-state index contributed by atoms with van der Waals surface area (Å²) in [6.07, 6.45) is 4.38. The van der Waals surface area contributed by atoms with Crippen molar-refractivity contribution < 1.29 is 0 Å². The lowest BCUT2D eigenvalue weighted by Crippen LogP contribution is -2.19. The quantitative estimate of drug-likeness (QED) is 0.303. The molecule has 162 valence electrons. The molecule has 0 atom stereocenters. The molecule has 0 aliphatic heterocycles. The number of hydrogen-bond donors (Lipinski definition) is 1. The Morgan fingerprint density at radius 3 is 2.00 bits per heavy atom. The minimum Gasteiger partial charge on any atom is -0.305 e.